The fourth-order valence-electron chi connectivity index (χ4n) is 3.98. The number of benzene rings is 4. The van der Waals surface area contributed by atoms with Crippen LogP contribution < -0.4 is 4.48 Å². The van der Waals surface area contributed by atoms with E-state index in [9.17, 15) is 0 Å². The molecule has 0 fully saturated rings. The number of rotatable bonds is 7. The van der Waals surface area contributed by atoms with Crippen LogP contribution in [-0.2, 0) is 19.6 Å². The largest absolute Gasteiger partial charge is 0.870 e. The van der Waals surface area contributed by atoms with E-state index in [0.717, 1.165) is 24.1 Å². The van der Waals surface area contributed by atoms with Gasteiger partial charge in [0.05, 0.1) is 0 Å². The van der Waals surface area contributed by atoms with Crippen LogP contribution in [0.3, 0.4) is 0 Å². The van der Waals surface area contributed by atoms with Gasteiger partial charge in [-0.2, -0.15) is 0 Å². The molecule has 0 aliphatic carbocycles. The molecule has 0 heterocycles. The van der Waals surface area contributed by atoms with Crippen LogP contribution in [0.5, 0.6) is 0 Å². The highest BCUT2D eigenvalue weighted by Crippen LogP contribution is 2.32. The third kappa shape index (κ3) is 5.20. The van der Waals surface area contributed by atoms with Crippen molar-refractivity contribution in [3.63, 3.8) is 0 Å². The first-order chi connectivity index (χ1) is 13.8. The molecule has 2 heteroatoms. The smallest absolute Gasteiger partial charge is 0.133 e. The molecular weight excluding hydrogens is 354 g/mol. The Morgan fingerprint density at radius 2 is 0.655 bits per heavy atom. The molecule has 0 atom stereocenters. The maximum Gasteiger partial charge on any atom is 0.133 e. The number of hydrogen-bond donors (Lipinski definition) is 0. The first-order valence-electron chi connectivity index (χ1n) is 9.88. The van der Waals surface area contributed by atoms with Crippen molar-refractivity contribution in [2.75, 3.05) is 0 Å². The summed E-state index contributed by atoms with van der Waals surface area (Å²) in [6.45, 7) is 2.86. The van der Waals surface area contributed by atoms with Gasteiger partial charge in [-0.3, -0.25) is 4.48 Å². The van der Waals surface area contributed by atoms with Gasteiger partial charge in [0, 0.05) is 16.7 Å². The van der Waals surface area contributed by atoms with Crippen molar-refractivity contribution in [2.24, 2.45) is 0 Å². The van der Waals surface area contributed by atoms with Gasteiger partial charge in [0.1, 0.15) is 25.3 Å². The molecule has 0 amide bonds. The summed E-state index contributed by atoms with van der Waals surface area (Å²) in [5.74, 6) is 0. The summed E-state index contributed by atoms with van der Waals surface area (Å²) in [7, 11) is 0. The van der Waals surface area contributed by atoms with Gasteiger partial charge in [-0.25, -0.2) is 0 Å². The van der Waals surface area contributed by atoms with Crippen LogP contribution in [-0.4, -0.2) is 5.48 Å². The summed E-state index contributed by atoms with van der Waals surface area (Å²) in [5, 5.41) is 0. The van der Waals surface area contributed by atoms with Crippen LogP contribution in [0.15, 0.2) is 121 Å². The standard InChI is InChI=1S/C27H26N.H2O/c1-5-13-24(14-6-1)21-28(27-19-11-4-12-20-27,22-25-15-7-2-8-16-25)23-26-17-9-3-10-18-26;/h1-20H,21-23H2;1H2/q+1;/p-1. The second kappa shape index (κ2) is 9.83. The number of nitrogens with zero attached hydrogens (tertiary/aromatic N) is 1. The second-order valence-electron chi connectivity index (χ2n) is 7.41. The average molecular weight is 382 g/mol. The lowest BCUT2D eigenvalue weighted by atomic mass is 10.0. The molecule has 0 saturated heterocycles. The van der Waals surface area contributed by atoms with Crippen LogP contribution in [0, 0.1) is 0 Å². The van der Waals surface area contributed by atoms with E-state index >= 15 is 0 Å². The van der Waals surface area contributed by atoms with E-state index in [4.69, 9.17) is 0 Å². The summed E-state index contributed by atoms with van der Waals surface area (Å²) in [5.41, 5.74) is 5.42. The van der Waals surface area contributed by atoms with E-state index in [1.54, 1.807) is 0 Å². The highest BCUT2D eigenvalue weighted by Gasteiger charge is 2.31. The zero-order valence-electron chi connectivity index (χ0n) is 16.6. The molecule has 0 bridgehead atoms. The van der Waals surface area contributed by atoms with Crippen LogP contribution in [0.1, 0.15) is 16.7 Å². The maximum atomic E-state index is 2.27. The maximum absolute atomic E-state index is 2.27. The normalized spacial score (nSPS) is 10.9. The van der Waals surface area contributed by atoms with Crippen molar-refractivity contribution in [3.05, 3.63) is 138 Å². The first kappa shape index (κ1) is 20.5. The van der Waals surface area contributed by atoms with E-state index in [1.807, 2.05) is 0 Å². The van der Waals surface area contributed by atoms with Gasteiger partial charge < -0.3 is 5.48 Å². The van der Waals surface area contributed by atoms with Crippen molar-refractivity contribution < 1.29 is 5.48 Å². The predicted octanol–water partition coefficient (Wildman–Crippen LogP) is 6.42. The fraction of sp³-hybridized carbons (Fsp3) is 0.111. The Morgan fingerprint density at radius 3 is 0.966 bits per heavy atom. The summed E-state index contributed by atoms with van der Waals surface area (Å²) >= 11 is 0. The van der Waals surface area contributed by atoms with Crippen LogP contribution in [0.2, 0.25) is 0 Å². The molecule has 0 saturated carbocycles. The Labute approximate surface area is 173 Å². The van der Waals surface area contributed by atoms with E-state index < -0.39 is 0 Å². The van der Waals surface area contributed by atoms with Crippen molar-refractivity contribution in [1.82, 2.24) is 4.48 Å². The minimum Gasteiger partial charge on any atom is -0.870 e. The van der Waals surface area contributed by atoms with Crippen molar-refractivity contribution in [2.45, 2.75) is 19.6 Å². The lowest BCUT2D eigenvalue weighted by Gasteiger charge is -2.39. The minimum atomic E-state index is 0. The van der Waals surface area contributed by atoms with Gasteiger partial charge in [0.25, 0.3) is 0 Å². The van der Waals surface area contributed by atoms with E-state index in [2.05, 4.69) is 121 Å². The molecule has 146 valence electrons. The summed E-state index contributed by atoms with van der Waals surface area (Å²) in [6, 6.07) is 43.5. The zero-order valence-corrected chi connectivity index (χ0v) is 16.6. The molecule has 29 heavy (non-hydrogen) atoms. The van der Waals surface area contributed by atoms with E-state index in [1.165, 1.54) is 22.4 Å². The Hall–Kier alpha value is -3.20. The molecule has 0 unspecified atom stereocenters. The third-order valence-corrected chi connectivity index (χ3v) is 5.29. The highest BCUT2D eigenvalue weighted by molar-refractivity contribution is 5.45. The molecule has 2 nitrogen and oxygen atoms in total. The molecule has 0 aliphatic heterocycles. The van der Waals surface area contributed by atoms with Crippen LogP contribution >= 0.6 is 0 Å². The minimum absolute atomic E-state index is 0. The van der Waals surface area contributed by atoms with Crippen LogP contribution in [0.4, 0.5) is 5.69 Å². The molecular formula is C27H27NO. The molecule has 4 aromatic carbocycles. The monoisotopic (exact) mass is 381 g/mol. The quantitative estimate of drug-likeness (QED) is 0.340. The van der Waals surface area contributed by atoms with Gasteiger partial charge >= 0.3 is 0 Å². The summed E-state index contributed by atoms with van der Waals surface area (Å²) < 4.78 is 0.860. The lowest BCUT2D eigenvalue weighted by molar-refractivity contribution is 0.246. The Kier molecular flexibility index (Phi) is 6.96. The van der Waals surface area contributed by atoms with Gasteiger partial charge in [-0.15, -0.1) is 0 Å². The van der Waals surface area contributed by atoms with Gasteiger partial charge in [0.2, 0.25) is 0 Å². The van der Waals surface area contributed by atoms with Crippen LogP contribution in [0.25, 0.3) is 0 Å². The molecule has 0 aromatic heterocycles. The number of quaternary nitrogens is 1. The van der Waals surface area contributed by atoms with Gasteiger partial charge in [0.15, 0.2) is 0 Å². The molecule has 0 aliphatic rings. The first-order valence-corrected chi connectivity index (χ1v) is 9.88. The van der Waals surface area contributed by atoms with Gasteiger partial charge in [-0.05, 0) is 12.1 Å². The summed E-state index contributed by atoms with van der Waals surface area (Å²) in [6.07, 6.45) is 0. The molecule has 0 spiro atoms. The number of hydrogen-bond acceptors (Lipinski definition) is 1. The topological polar surface area (TPSA) is 30.0 Å². The Balaban J connectivity index is 0.00000240. The fourth-order valence-corrected chi connectivity index (χ4v) is 3.98. The van der Waals surface area contributed by atoms with E-state index in [0.29, 0.717) is 0 Å². The number of para-hydroxylation sites is 1. The Morgan fingerprint density at radius 1 is 0.379 bits per heavy atom. The van der Waals surface area contributed by atoms with Crippen molar-refractivity contribution in [1.29, 1.82) is 0 Å². The molecule has 0 radical (unpaired) electrons. The zero-order chi connectivity index (χ0) is 19.1. The van der Waals surface area contributed by atoms with Crippen molar-refractivity contribution >= 4 is 5.69 Å². The molecule has 4 rings (SSSR count). The second-order valence-corrected chi connectivity index (χ2v) is 7.41. The lowest BCUT2D eigenvalue weighted by Crippen LogP contribution is -2.47. The molecule has 4 aromatic rings. The third-order valence-electron chi connectivity index (χ3n) is 5.29. The molecule has 1 N–H and O–H groups in total. The highest BCUT2D eigenvalue weighted by atomic mass is 16.0. The van der Waals surface area contributed by atoms with Gasteiger partial charge in [-0.1, -0.05) is 109 Å². The van der Waals surface area contributed by atoms with Crippen molar-refractivity contribution in [3.8, 4) is 0 Å². The van der Waals surface area contributed by atoms with E-state index in [-0.39, 0.29) is 5.48 Å². The Bertz CT molecular complexity index is 869. The average Bonchev–Trinajstić information content (AvgIpc) is 2.76. The predicted molar refractivity (Wildman–Crippen MR) is 121 cm³/mol. The SMILES string of the molecule is [OH-].c1ccc(C[N+](Cc2ccccc2)(Cc2ccccc2)c2ccccc2)cc1. The summed E-state index contributed by atoms with van der Waals surface area (Å²) in [4.78, 5) is 0.